The number of nitrogens with one attached hydrogen (secondary N) is 1. The first-order valence-corrected chi connectivity index (χ1v) is 13.1. The molecule has 0 spiro atoms. The lowest BCUT2D eigenvalue weighted by atomic mass is 9.66. The zero-order chi connectivity index (χ0) is 22.9. The van der Waals surface area contributed by atoms with Crippen LogP contribution in [0, 0.1) is 5.82 Å². The van der Waals surface area contributed by atoms with E-state index in [1.54, 1.807) is 12.3 Å². The Labute approximate surface area is 193 Å². The van der Waals surface area contributed by atoms with Gasteiger partial charge in [0.25, 0.3) is 0 Å². The van der Waals surface area contributed by atoms with Gasteiger partial charge in [0.1, 0.15) is 17.3 Å². The van der Waals surface area contributed by atoms with Crippen LogP contribution in [0.5, 0.6) is 0 Å². The number of nitrogens with zero attached hydrogens (tertiary/aromatic N) is 5. The number of sulfone groups is 1. The minimum atomic E-state index is -2.87. The number of hydrogen-bond donors (Lipinski definition) is 1. The Hall–Kier alpha value is -2.72. The Balaban J connectivity index is 1.15. The van der Waals surface area contributed by atoms with Gasteiger partial charge in [0.05, 0.1) is 22.9 Å². The summed E-state index contributed by atoms with van der Waals surface area (Å²) in [4.78, 5) is 11.0. The van der Waals surface area contributed by atoms with Gasteiger partial charge < -0.3 is 5.32 Å². The van der Waals surface area contributed by atoms with Crippen LogP contribution in [0.15, 0.2) is 47.2 Å². The second-order valence-electron chi connectivity index (χ2n) is 9.09. The fraction of sp³-hybridized carbons (Fsp3) is 0.478. The smallest absolute Gasteiger partial charge is 0.152 e. The average molecular weight is 471 g/mol. The Morgan fingerprint density at radius 2 is 1.94 bits per heavy atom. The molecule has 33 heavy (non-hydrogen) atoms. The molecule has 0 aromatic carbocycles. The van der Waals surface area contributed by atoms with E-state index in [-0.39, 0.29) is 22.7 Å². The van der Waals surface area contributed by atoms with E-state index >= 15 is 0 Å². The fourth-order valence-corrected chi connectivity index (χ4v) is 5.92. The summed E-state index contributed by atoms with van der Waals surface area (Å²) in [6.45, 7) is 2.42. The third-order valence-electron chi connectivity index (χ3n) is 6.80. The van der Waals surface area contributed by atoms with E-state index < -0.39 is 9.84 Å². The van der Waals surface area contributed by atoms with Crippen LogP contribution < -0.4 is 5.32 Å². The van der Waals surface area contributed by atoms with Crippen LogP contribution in [0.25, 0.3) is 0 Å². The fourth-order valence-electron chi connectivity index (χ4n) is 4.64. The molecule has 5 rings (SSSR count). The highest BCUT2D eigenvalue weighted by Crippen LogP contribution is 2.43. The van der Waals surface area contributed by atoms with Crippen molar-refractivity contribution in [1.29, 1.82) is 0 Å². The molecule has 1 aliphatic carbocycles. The summed E-state index contributed by atoms with van der Waals surface area (Å²) in [6.07, 6.45) is 7.04. The maximum absolute atomic E-state index is 14.3. The van der Waals surface area contributed by atoms with Crippen molar-refractivity contribution in [3.05, 3.63) is 59.4 Å². The molecular formula is C23H27FN6O2S. The second-order valence-corrected chi connectivity index (χ2v) is 11.4. The van der Waals surface area contributed by atoms with Crippen molar-refractivity contribution in [2.75, 3.05) is 43.0 Å². The quantitative estimate of drug-likeness (QED) is 0.663. The number of pyridine rings is 1. The van der Waals surface area contributed by atoms with E-state index in [4.69, 9.17) is 0 Å². The van der Waals surface area contributed by atoms with Crippen molar-refractivity contribution in [1.82, 2.24) is 20.1 Å². The minimum absolute atomic E-state index is 0.224. The molecule has 10 heteroatoms. The molecule has 0 amide bonds. The number of rotatable bonds is 7. The van der Waals surface area contributed by atoms with E-state index in [1.165, 1.54) is 6.07 Å². The SMILES string of the molecule is O=S1(=O)CCN(CC2=CN=C(c3ccc(NCC4(c5ncccc5F)CCC4)nn3)C2)CC1. The van der Waals surface area contributed by atoms with Gasteiger partial charge in [-0.25, -0.2) is 12.8 Å². The molecule has 2 aromatic rings. The van der Waals surface area contributed by atoms with Crippen LogP contribution in [0.4, 0.5) is 10.2 Å². The Morgan fingerprint density at radius 3 is 2.61 bits per heavy atom. The standard InChI is InChI=1S/C23H27FN6O2S/c24-18-3-1-8-25-22(18)23(6-2-7-23)16-27-21-5-4-19(28-29-21)20-13-17(14-26-20)15-30-9-11-33(31,32)12-10-30/h1,3-5,8,14H,2,6-7,9-13,15-16H2,(H,27,29). The predicted molar refractivity (Wildman–Crippen MR) is 125 cm³/mol. The van der Waals surface area contributed by atoms with Gasteiger partial charge in [-0.1, -0.05) is 6.42 Å². The first-order chi connectivity index (χ1) is 15.9. The molecule has 2 fully saturated rings. The molecule has 1 saturated carbocycles. The molecular weight excluding hydrogens is 443 g/mol. The maximum Gasteiger partial charge on any atom is 0.152 e. The summed E-state index contributed by atoms with van der Waals surface area (Å²) in [6, 6.07) is 6.85. The van der Waals surface area contributed by atoms with Crippen LogP contribution in [-0.4, -0.2) is 71.9 Å². The summed E-state index contributed by atoms with van der Waals surface area (Å²) < 4.78 is 37.5. The van der Waals surface area contributed by atoms with Gasteiger partial charge in [0.2, 0.25) is 0 Å². The van der Waals surface area contributed by atoms with Gasteiger partial charge in [-0.3, -0.25) is 14.9 Å². The van der Waals surface area contributed by atoms with Crippen LogP contribution in [-0.2, 0) is 15.3 Å². The van der Waals surface area contributed by atoms with Crippen molar-refractivity contribution in [3.63, 3.8) is 0 Å². The molecule has 174 valence electrons. The first-order valence-electron chi connectivity index (χ1n) is 11.3. The lowest BCUT2D eigenvalue weighted by Gasteiger charge is -2.41. The lowest BCUT2D eigenvalue weighted by Crippen LogP contribution is -2.42. The van der Waals surface area contributed by atoms with E-state index in [0.29, 0.717) is 37.6 Å². The predicted octanol–water partition coefficient (Wildman–Crippen LogP) is 2.35. The van der Waals surface area contributed by atoms with Gasteiger partial charge in [-0.05, 0) is 42.7 Å². The molecule has 3 aliphatic rings. The normalized spacial score (nSPS) is 21.7. The molecule has 1 N–H and O–H groups in total. The Kier molecular flexibility index (Phi) is 5.96. The zero-order valence-electron chi connectivity index (χ0n) is 18.4. The topological polar surface area (TPSA) is 100 Å². The summed E-state index contributed by atoms with van der Waals surface area (Å²) in [5.41, 5.74) is 2.96. The van der Waals surface area contributed by atoms with Crippen LogP contribution in [0.1, 0.15) is 37.1 Å². The van der Waals surface area contributed by atoms with Gasteiger partial charge in [-0.15, -0.1) is 10.2 Å². The highest BCUT2D eigenvalue weighted by atomic mass is 32.2. The van der Waals surface area contributed by atoms with Gasteiger partial charge in [-0.2, -0.15) is 0 Å². The highest BCUT2D eigenvalue weighted by Gasteiger charge is 2.41. The van der Waals surface area contributed by atoms with Gasteiger partial charge in [0.15, 0.2) is 9.84 Å². The minimum Gasteiger partial charge on any atom is -0.368 e. The Bertz CT molecular complexity index is 1180. The molecule has 0 atom stereocenters. The molecule has 1 saturated heterocycles. The first kappa shape index (κ1) is 22.1. The van der Waals surface area contributed by atoms with E-state index in [9.17, 15) is 12.8 Å². The Morgan fingerprint density at radius 1 is 1.12 bits per heavy atom. The molecule has 2 aromatic heterocycles. The van der Waals surface area contributed by atoms with Crippen LogP contribution in [0.3, 0.4) is 0 Å². The van der Waals surface area contributed by atoms with Crippen molar-refractivity contribution in [3.8, 4) is 0 Å². The number of aliphatic imine (C=N–C) groups is 1. The maximum atomic E-state index is 14.3. The van der Waals surface area contributed by atoms with E-state index in [2.05, 4.69) is 30.4 Å². The summed E-state index contributed by atoms with van der Waals surface area (Å²) in [5, 5.41) is 11.9. The van der Waals surface area contributed by atoms with Gasteiger partial charge in [0, 0.05) is 50.4 Å². The third-order valence-corrected chi connectivity index (χ3v) is 8.41. The third kappa shape index (κ3) is 4.81. The van der Waals surface area contributed by atoms with Crippen molar-refractivity contribution in [2.45, 2.75) is 31.1 Å². The van der Waals surface area contributed by atoms with E-state index in [1.807, 2.05) is 18.3 Å². The largest absolute Gasteiger partial charge is 0.368 e. The molecule has 4 heterocycles. The van der Waals surface area contributed by atoms with Crippen LogP contribution >= 0.6 is 0 Å². The van der Waals surface area contributed by atoms with Crippen LogP contribution in [0.2, 0.25) is 0 Å². The number of aromatic nitrogens is 3. The van der Waals surface area contributed by atoms with Crippen molar-refractivity contribution < 1.29 is 12.8 Å². The summed E-state index contributed by atoms with van der Waals surface area (Å²) >= 11 is 0. The second kappa shape index (κ2) is 8.90. The number of anilines is 1. The van der Waals surface area contributed by atoms with Crippen molar-refractivity contribution in [2.24, 2.45) is 4.99 Å². The molecule has 2 aliphatic heterocycles. The summed E-state index contributed by atoms with van der Waals surface area (Å²) in [5.74, 6) is 0.835. The average Bonchev–Trinajstić information content (AvgIpc) is 3.24. The highest BCUT2D eigenvalue weighted by molar-refractivity contribution is 7.91. The summed E-state index contributed by atoms with van der Waals surface area (Å²) in [7, 11) is -2.87. The zero-order valence-corrected chi connectivity index (χ0v) is 19.2. The number of hydrogen-bond acceptors (Lipinski definition) is 8. The van der Waals surface area contributed by atoms with E-state index in [0.717, 1.165) is 42.8 Å². The molecule has 0 radical (unpaired) electrons. The van der Waals surface area contributed by atoms with Gasteiger partial charge >= 0.3 is 0 Å². The molecule has 0 unspecified atom stereocenters. The molecule has 0 bridgehead atoms. The number of halogens is 1. The lowest BCUT2D eigenvalue weighted by molar-refractivity contribution is 0.243. The van der Waals surface area contributed by atoms with Crippen molar-refractivity contribution >= 4 is 21.4 Å². The monoisotopic (exact) mass is 470 g/mol. The molecule has 8 nitrogen and oxygen atoms in total.